The summed E-state index contributed by atoms with van der Waals surface area (Å²) in [6.07, 6.45) is 11.2. The van der Waals surface area contributed by atoms with Crippen molar-refractivity contribution in [2.45, 2.75) is 262 Å². The second kappa shape index (κ2) is 35.4. The number of benzene rings is 1. The Bertz CT molecular complexity index is 2010. The number of hydrogen-bond donors (Lipinski definition) is 5. The van der Waals surface area contributed by atoms with Gasteiger partial charge in [0.1, 0.15) is 17.0 Å². The SMILES string of the molecule is CC(C)(C)CC[C@H](CC(=O)N[C@@H](CCC(=O)NCCCCCCCC(=O)C[C@@H](CCCCNC(=O)OC(C)(C)C)C(=O)N[C@@H](CCCCNC(=O)CCCc1ccc(Br)cc1)C(=O)C(=O)OC(C)(C)C)C(C)(C)C)C(C)(C)C. The molecule has 0 radical (unpaired) electrons. The predicted molar refractivity (Wildman–Crippen MR) is 316 cm³/mol. The van der Waals surface area contributed by atoms with Gasteiger partial charge in [0.15, 0.2) is 0 Å². The molecule has 0 saturated carbocycles. The van der Waals surface area contributed by atoms with Crippen LogP contribution in [0.5, 0.6) is 0 Å². The number of ether oxygens (including phenoxy) is 2. The van der Waals surface area contributed by atoms with Crippen molar-refractivity contribution in [2.75, 3.05) is 19.6 Å². The summed E-state index contributed by atoms with van der Waals surface area (Å²) in [6.45, 7) is 31.1. The Labute approximate surface area is 479 Å². The predicted octanol–water partition coefficient (Wildman–Crippen LogP) is 12.4. The number of aryl methyl sites for hydroxylation is 1. The van der Waals surface area contributed by atoms with Crippen molar-refractivity contribution in [1.29, 1.82) is 0 Å². The molecular formula is C62H106BrN5O10. The molecule has 1 aromatic rings. The standard InChI is InChI=1S/C62H106BrN5O10/c1-58(2,3)38-37-46(59(4,5)6)43-53(72)68-50(60(7,8)9)35-36-52(71)65-39-22-18-16-17-19-28-48(69)42-45(27-20-23-41-66-57(76)78-62(13,14)15)55(74)67-49(54(73)56(75)77-61(10,11)12)29-21-24-40-64-51(70)30-25-26-44-31-33-47(63)34-32-44/h31-34,45-46,49-50H,16-30,35-43H2,1-15H3,(H,64,70)(H,65,71)(H,66,76)(H,67,74)(H,68,72)/t45-,46-,49+,50+/m1/s1. The number of nitrogens with one attached hydrogen (secondary N) is 5. The van der Waals surface area contributed by atoms with Crippen molar-refractivity contribution >= 4 is 63.2 Å². The lowest BCUT2D eigenvalue weighted by atomic mass is 9.73. The highest BCUT2D eigenvalue weighted by Crippen LogP contribution is 2.36. The summed E-state index contributed by atoms with van der Waals surface area (Å²) in [5.74, 6) is -3.16. The van der Waals surface area contributed by atoms with Crippen molar-refractivity contribution in [2.24, 2.45) is 28.1 Å². The zero-order chi connectivity index (χ0) is 59.3. The molecule has 1 aromatic carbocycles. The van der Waals surface area contributed by atoms with Crippen molar-refractivity contribution in [3.63, 3.8) is 0 Å². The molecule has 0 heterocycles. The molecule has 0 aliphatic heterocycles. The molecule has 0 fully saturated rings. The maximum Gasteiger partial charge on any atom is 0.407 e. The molecule has 4 atom stereocenters. The molecule has 78 heavy (non-hydrogen) atoms. The Morgan fingerprint density at radius 3 is 1.62 bits per heavy atom. The number of amides is 5. The van der Waals surface area contributed by atoms with Gasteiger partial charge in [0.2, 0.25) is 23.6 Å². The van der Waals surface area contributed by atoms with Crippen LogP contribution in [-0.4, -0.2) is 90.2 Å². The van der Waals surface area contributed by atoms with E-state index in [1.54, 1.807) is 41.5 Å². The zero-order valence-corrected chi connectivity index (χ0v) is 52.6. The van der Waals surface area contributed by atoms with Gasteiger partial charge in [-0.25, -0.2) is 9.59 Å². The molecule has 0 saturated heterocycles. The van der Waals surface area contributed by atoms with Gasteiger partial charge >= 0.3 is 12.1 Å². The average Bonchev–Trinajstić information content (AvgIpc) is 3.29. The number of rotatable bonds is 36. The van der Waals surface area contributed by atoms with Gasteiger partial charge in [0.25, 0.3) is 5.78 Å². The summed E-state index contributed by atoms with van der Waals surface area (Å²) in [4.78, 5) is 105. The maximum absolute atomic E-state index is 14.1. The smallest absolute Gasteiger partial charge is 0.407 e. The number of ketones is 2. The molecule has 5 N–H and O–H groups in total. The molecular weight excluding hydrogens is 1050 g/mol. The molecule has 16 heteroatoms. The van der Waals surface area contributed by atoms with Crippen LogP contribution < -0.4 is 26.6 Å². The first-order chi connectivity index (χ1) is 36.0. The highest BCUT2D eigenvalue weighted by molar-refractivity contribution is 9.10. The van der Waals surface area contributed by atoms with E-state index in [0.29, 0.717) is 90.3 Å². The van der Waals surface area contributed by atoms with Crippen LogP contribution in [0.4, 0.5) is 4.79 Å². The molecule has 1 rings (SSSR count). The summed E-state index contributed by atoms with van der Waals surface area (Å²) in [5, 5.41) is 14.8. The van der Waals surface area contributed by atoms with Gasteiger partial charge < -0.3 is 36.1 Å². The van der Waals surface area contributed by atoms with Gasteiger partial charge in [-0.2, -0.15) is 0 Å². The quantitative estimate of drug-likeness (QED) is 0.0243. The van der Waals surface area contributed by atoms with E-state index in [-0.39, 0.29) is 71.0 Å². The molecule has 5 amide bonds. The van der Waals surface area contributed by atoms with Crippen LogP contribution in [0.3, 0.4) is 0 Å². The van der Waals surface area contributed by atoms with E-state index in [4.69, 9.17) is 9.47 Å². The van der Waals surface area contributed by atoms with E-state index in [1.807, 2.05) is 24.3 Å². The number of Topliss-reactive ketones (excluding diaryl/α,β-unsaturated/α-hetero) is 2. The summed E-state index contributed by atoms with van der Waals surface area (Å²) in [6, 6.07) is 6.65. The Kier molecular flexibility index (Phi) is 32.5. The third-order valence-electron chi connectivity index (χ3n) is 13.6. The molecule has 0 aliphatic carbocycles. The number of halogens is 1. The van der Waals surface area contributed by atoms with Gasteiger partial charge in [-0.15, -0.1) is 0 Å². The first-order valence-electron chi connectivity index (χ1n) is 29.2. The Balaban J connectivity index is 2.81. The van der Waals surface area contributed by atoms with Crippen LogP contribution in [0.2, 0.25) is 0 Å². The Morgan fingerprint density at radius 2 is 1.05 bits per heavy atom. The van der Waals surface area contributed by atoms with Gasteiger partial charge in [-0.1, -0.05) is 116 Å². The number of unbranched alkanes of at least 4 members (excludes halogenated alkanes) is 6. The molecule has 0 unspecified atom stereocenters. The molecule has 15 nitrogen and oxygen atoms in total. The third-order valence-corrected chi connectivity index (χ3v) is 14.2. The van der Waals surface area contributed by atoms with E-state index >= 15 is 0 Å². The number of carbonyl (C=O) groups excluding carboxylic acids is 8. The van der Waals surface area contributed by atoms with Gasteiger partial charge in [-0.3, -0.25) is 28.8 Å². The van der Waals surface area contributed by atoms with Crippen LogP contribution in [0.1, 0.15) is 238 Å². The number of hydrogen-bond acceptors (Lipinski definition) is 10. The van der Waals surface area contributed by atoms with Crippen molar-refractivity contribution in [3.05, 3.63) is 34.3 Å². The highest BCUT2D eigenvalue weighted by atomic mass is 79.9. The van der Waals surface area contributed by atoms with E-state index in [2.05, 4.69) is 105 Å². The largest absolute Gasteiger partial charge is 0.454 e. The highest BCUT2D eigenvalue weighted by Gasteiger charge is 2.34. The molecule has 0 bridgehead atoms. The van der Waals surface area contributed by atoms with Crippen LogP contribution >= 0.6 is 15.9 Å². The second-order valence-electron chi connectivity index (χ2n) is 26.9. The number of carbonyl (C=O) groups is 8. The van der Waals surface area contributed by atoms with E-state index < -0.39 is 46.9 Å². The second-order valence-corrected chi connectivity index (χ2v) is 27.8. The fourth-order valence-corrected chi connectivity index (χ4v) is 9.13. The van der Waals surface area contributed by atoms with Crippen molar-refractivity contribution in [3.8, 4) is 0 Å². The lowest BCUT2D eigenvalue weighted by molar-refractivity contribution is -0.163. The van der Waals surface area contributed by atoms with Crippen molar-refractivity contribution < 1.29 is 47.8 Å². The van der Waals surface area contributed by atoms with Gasteiger partial charge in [-0.05, 0) is 158 Å². The minimum Gasteiger partial charge on any atom is -0.454 e. The van der Waals surface area contributed by atoms with Crippen LogP contribution in [0.25, 0.3) is 0 Å². The summed E-state index contributed by atoms with van der Waals surface area (Å²) < 4.78 is 11.7. The van der Waals surface area contributed by atoms with E-state index in [1.165, 1.54) is 0 Å². The van der Waals surface area contributed by atoms with E-state index in [0.717, 1.165) is 55.0 Å². The fourth-order valence-electron chi connectivity index (χ4n) is 8.86. The lowest BCUT2D eigenvalue weighted by Gasteiger charge is -2.35. The van der Waals surface area contributed by atoms with Crippen LogP contribution in [-0.2, 0) is 49.5 Å². The topological polar surface area (TPSA) is 215 Å². The minimum atomic E-state index is -1.20. The third kappa shape index (κ3) is 36.0. The molecule has 0 spiro atoms. The first-order valence-corrected chi connectivity index (χ1v) is 30.0. The molecule has 0 aromatic heterocycles. The van der Waals surface area contributed by atoms with Gasteiger partial charge in [0.05, 0.1) is 6.04 Å². The maximum atomic E-state index is 14.1. The van der Waals surface area contributed by atoms with E-state index in [9.17, 15) is 38.4 Å². The van der Waals surface area contributed by atoms with Crippen LogP contribution in [0, 0.1) is 28.1 Å². The zero-order valence-electron chi connectivity index (χ0n) is 51.0. The van der Waals surface area contributed by atoms with Gasteiger partial charge in [0, 0.05) is 68.2 Å². The molecule has 0 aliphatic rings. The monoisotopic (exact) mass is 1160 g/mol. The molecule has 446 valence electrons. The summed E-state index contributed by atoms with van der Waals surface area (Å²) in [7, 11) is 0. The first kappa shape index (κ1) is 71.7. The Morgan fingerprint density at radius 1 is 0.513 bits per heavy atom. The summed E-state index contributed by atoms with van der Waals surface area (Å²) >= 11 is 3.44. The van der Waals surface area contributed by atoms with Crippen molar-refractivity contribution in [1.82, 2.24) is 26.6 Å². The average molecular weight is 1160 g/mol. The number of alkyl carbamates (subject to hydrolysis) is 1. The Hall–Kier alpha value is -4.34. The fraction of sp³-hybridized carbons (Fsp3) is 0.774. The normalized spacial score (nSPS) is 13.8. The number of esters is 1. The minimum absolute atomic E-state index is 0.00345. The summed E-state index contributed by atoms with van der Waals surface area (Å²) in [5.41, 5.74) is -0.468. The van der Waals surface area contributed by atoms with Crippen LogP contribution in [0.15, 0.2) is 28.7 Å². The lowest BCUT2D eigenvalue weighted by Crippen LogP contribution is -2.48.